The minimum absolute atomic E-state index is 0.0419. The van der Waals surface area contributed by atoms with Gasteiger partial charge in [0.25, 0.3) is 0 Å². The molecule has 2 saturated heterocycles. The Morgan fingerprint density at radius 1 is 1.53 bits per heavy atom. The standard InChI is InChI=1S/C14H26N2O3/c1-4-14(6-5-7-15-14)12(18)16-8-11(9-17)19-13(2,3)10-16/h11,15,17H,4-10H2,1-3H3. The van der Waals surface area contributed by atoms with Gasteiger partial charge in [-0.25, -0.2) is 0 Å². The van der Waals surface area contributed by atoms with Crippen LogP contribution in [-0.2, 0) is 9.53 Å². The summed E-state index contributed by atoms with van der Waals surface area (Å²) in [5.74, 6) is 0.169. The van der Waals surface area contributed by atoms with E-state index in [9.17, 15) is 9.90 Å². The zero-order valence-electron chi connectivity index (χ0n) is 12.2. The first-order valence-electron chi connectivity index (χ1n) is 7.25. The Labute approximate surface area is 115 Å². The van der Waals surface area contributed by atoms with Crippen molar-refractivity contribution in [2.75, 3.05) is 26.2 Å². The predicted octanol–water partition coefficient (Wildman–Crippen LogP) is 0.517. The largest absolute Gasteiger partial charge is 0.394 e. The van der Waals surface area contributed by atoms with E-state index in [0.29, 0.717) is 13.1 Å². The van der Waals surface area contributed by atoms with Crippen LogP contribution in [0.5, 0.6) is 0 Å². The predicted molar refractivity (Wildman–Crippen MR) is 72.9 cm³/mol. The lowest BCUT2D eigenvalue weighted by atomic mass is 9.91. The van der Waals surface area contributed by atoms with Crippen LogP contribution in [-0.4, -0.2) is 59.4 Å². The molecule has 2 heterocycles. The number of aliphatic hydroxyl groups is 1. The van der Waals surface area contributed by atoms with Crippen LogP contribution in [0.1, 0.15) is 40.0 Å². The molecule has 1 amide bonds. The summed E-state index contributed by atoms with van der Waals surface area (Å²) in [6, 6.07) is 0. The number of rotatable bonds is 3. The van der Waals surface area contributed by atoms with Crippen LogP contribution >= 0.6 is 0 Å². The second-order valence-electron chi connectivity index (χ2n) is 6.33. The Kier molecular flexibility index (Phi) is 4.18. The van der Waals surface area contributed by atoms with E-state index in [1.807, 2.05) is 18.7 Å². The van der Waals surface area contributed by atoms with Gasteiger partial charge in [0.05, 0.1) is 23.9 Å². The Morgan fingerprint density at radius 2 is 2.26 bits per heavy atom. The van der Waals surface area contributed by atoms with Crippen molar-refractivity contribution in [3.63, 3.8) is 0 Å². The van der Waals surface area contributed by atoms with Gasteiger partial charge < -0.3 is 20.1 Å². The van der Waals surface area contributed by atoms with Crippen molar-refractivity contribution < 1.29 is 14.6 Å². The molecule has 5 nitrogen and oxygen atoms in total. The number of hydrogen-bond donors (Lipinski definition) is 2. The number of nitrogens with zero attached hydrogens (tertiary/aromatic N) is 1. The molecule has 0 aliphatic carbocycles. The molecule has 2 atom stereocenters. The number of nitrogens with one attached hydrogen (secondary N) is 1. The summed E-state index contributed by atoms with van der Waals surface area (Å²) in [6.45, 7) is 7.95. The Hall–Kier alpha value is -0.650. The molecule has 0 saturated carbocycles. The van der Waals surface area contributed by atoms with E-state index in [1.54, 1.807) is 0 Å². The molecule has 0 aromatic carbocycles. The zero-order valence-corrected chi connectivity index (χ0v) is 12.2. The van der Waals surface area contributed by atoms with Crippen molar-refractivity contribution in [1.82, 2.24) is 10.2 Å². The van der Waals surface area contributed by atoms with Crippen molar-refractivity contribution in [3.05, 3.63) is 0 Å². The second kappa shape index (κ2) is 5.38. The average molecular weight is 270 g/mol. The summed E-state index contributed by atoms with van der Waals surface area (Å²) in [7, 11) is 0. The average Bonchev–Trinajstić information content (AvgIpc) is 2.85. The quantitative estimate of drug-likeness (QED) is 0.785. The van der Waals surface area contributed by atoms with E-state index < -0.39 is 11.1 Å². The Morgan fingerprint density at radius 3 is 2.79 bits per heavy atom. The van der Waals surface area contributed by atoms with Crippen LogP contribution in [0.3, 0.4) is 0 Å². The fourth-order valence-corrected chi connectivity index (χ4v) is 3.29. The van der Waals surface area contributed by atoms with Gasteiger partial charge in [-0.05, 0) is 39.7 Å². The number of amides is 1. The van der Waals surface area contributed by atoms with Crippen molar-refractivity contribution in [2.24, 2.45) is 0 Å². The summed E-state index contributed by atoms with van der Waals surface area (Å²) in [6.07, 6.45) is 2.50. The van der Waals surface area contributed by atoms with Gasteiger partial charge in [-0.2, -0.15) is 0 Å². The van der Waals surface area contributed by atoms with Crippen molar-refractivity contribution in [2.45, 2.75) is 57.3 Å². The lowest BCUT2D eigenvalue weighted by Gasteiger charge is -2.45. The first kappa shape index (κ1) is 14.8. The summed E-state index contributed by atoms with van der Waals surface area (Å²) in [5.41, 5.74) is -0.789. The van der Waals surface area contributed by atoms with Gasteiger partial charge in [-0.1, -0.05) is 6.92 Å². The van der Waals surface area contributed by atoms with E-state index in [4.69, 9.17) is 4.74 Å². The third kappa shape index (κ3) is 2.93. The summed E-state index contributed by atoms with van der Waals surface area (Å²) in [4.78, 5) is 14.7. The van der Waals surface area contributed by atoms with Crippen molar-refractivity contribution in [3.8, 4) is 0 Å². The van der Waals surface area contributed by atoms with Crippen LogP contribution in [0.25, 0.3) is 0 Å². The molecule has 2 aliphatic heterocycles. The van der Waals surface area contributed by atoms with Gasteiger partial charge >= 0.3 is 0 Å². The highest BCUT2D eigenvalue weighted by Gasteiger charge is 2.45. The highest BCUT2D eigenvalue weighted by molar-refractivity contribution is 5.87. The topological polar surface area (TPSA) is 61.8 Å². The normalized spacial score (nSPS) is 34.5. The first-order chi connectivity index (χ1) is 8.92. The summed E-state index contributed by atoms with van der Waals surface area (Å²) >= 11 is 0. The molecular weight excluding hydrogens is 244 g/mol. The molecule has 0 aromatic heterocycles. The molecule has 0 bridgehead atoms. The Balaban J connectivity index is 2.13. The van der Waals surface area contributed by atoms with Crippen LogP contribution in [0.4, 0.5) is 0 Å². The molecule has 2 rings (SSSR count). The minimum atomic E-state index is -0.395. The summed E-state index contributed by atoms with van der Waals surface area (Å²) < 4.78 is 5.77. The molecule has 2 aliphatic rings. The molecule has 2 fully saturated rings. The molecule has 0 radical (unpaired) electrons. The number of carbonyl (C=O) groups excluding carboxylic acids is 1. The Bertz CT molecular complexity index is 338. The molecule has 19 heavy (non-hydrogen) atoms. The van der Waals surface area contributed by atoms with Crippen molar-refractivity contribution in [1.29, 1.82) is 0 Å². The lowest BCUT2D eigenvalue weighted by molar-refractivity contribution is -0.171. The van der Waals surface area contributed by atoms with Gasteiger partial charge in [-0.15, -0.1) is 0 Å². The number of ether oxygens (including phenoxy) is 1. The highest BCUT2D eigenvalue weighted by atomic mass is 16.5. The molecule has 110 valence electrons. The molecule has 2 N–H and O–H groups in total. The van der Waals surface area contributed by atoms with Crippen molar-refractivity contribution >= 4 is 5.91 Å². The third-order valence-electron chi connectivity index (χ3n) is 4.23. The van der Waals surface area contributed by atoms with Gasteiger partial charge in [0, 0.05) is 13.1 Å². The second-order valence-corrected chi connectivity index (χ2v) is 6.33. The van der Waals surface area contributed by atoms with E-state index in [1.165, 1.54) is 0 Å². The van der Waals surface area contributed by atoms with Gasteiger partial charge in [0.1, 0.15) is 0 Å². The van der Waals surface area contributed by atoms with Gasteiger partial charge in [-0.3, -0.25) is 4.79 Å². The molecule has 2 unspecified atom stereocenters. The number of hydrogen-bond acceptors (Lipinski definition) is 4. The lowest BCUT2D eigenvalue weighted by Crippen LogP contribution is -2.62. The maximum atomic E-state index is 12.8. The van der Waals surface area contributed by atoms with E-state index >= 15 is 0 Å². The third-order valence-corrected chi connectivity index (χ3v) is 4.23. The monoisotopic (exact) mass is 270 g/mol. The maximum absolute atomic E-state index is 12.8. The minimum Gasteiger partial charge on any atom is -0.394 e. The summed E-state index contributed by atoms with van der Waals surface area (Å²) in [5, 5.41) is 12.7. The SMILES string of the molecule is CCC1(C(=O)N2CC(CO)OC(C)(C)C2)CCCN1. The maximum Gasteiger partial charge on any atom is 0.243 e. The molecular formula is C14H26N2O3. The van der Waals surface area contributed by atoms with Crippen LogP contribution in [0.15, 0.2) is 0 Å². The van der Waals surface area contributed by atoms with Gasteiger partial charge in [0.15, 0.2) is 0 Å². The smallest absolute Gasteiger partial charge is 0.243 e. The molecule has 0 spiro atoms. The van der Waals surface area contributed by atoms with Crippen LogP contribution < -0.4 is 5.32 Å². The fraction of sp³-hybridized carbons (Fsp3) is 0.929. The van der Waals surface area contributed by atoms with E-state index in [0.717, 1.165) is 25.8 Å². The number of morpholine rings is 1. The van der Waals surface area contributed by atoms with E-state index in [-0.39, 0.29) is 18.6 Å². The fourth-order valence-electron chi connectivity index (χ4n) is 3.29. The zero-order chi connectivity index (χ0) is 14.1. The van der Waals surface area contributed by atoms with E-state index in [2.05, 4.69) is 12.2 Å². The van der Waals surface area contributed by atoms with Gasteiger partial charge in [0.2, 0.25) is 5.91 Å². The van der Waals surface area contributed by atoms with Crippen LogP contribution in [0, 0.1) is 0 Å². The highest BCUT2D eigenvalue weighted by Crippen LogP contribution is 2.29. The molecule has 5 heteroatoms. The first-order valence-corrected chi connectivity index (χ1v) is 7.25. The number of aliphatic hydroxyl groups excluding tert-OH is 1. The molecule has 0 aromatic rings. The van der Waals surface area contributed by atoms with Crippen LogP contribution in [0.2, 0.25) is 0 Å². The number of carbonyl (C=O) groups is 1.